The monoisotopic (exact) mass is 311 g/mol. The number of hydrogen-bond donors (Lipinski definition) is 2. The van der Waals surface area contributed by atoms with Crippen LogP contribution in [0.4, 0.5) is 4.79 Å². The van der Waals surface area contributed by atoms with Crippen LogP contribution >= 0.6 is 0 Å². The van der Waals surface area contributed by atoms with Gasteiger partial charge in [0, 0.05) is 32.2 Å². The fraction of sp³-hybridized carbons (Fsp3) is 0.941. The largest absolute Gasteiger partial charge is 0.393 e. The van der Waals surface area contributed by atoms with Gasteiger partial charge in [-0.05, 0) is 45.6 Å². The molecule has 0 aromatic carbocycles. The van der Waals surface area contributed by atoms with Crippen molar-refractivity contribution in [2.45, 2.75) is 76.5 Å². The smallest absolute Gasteiger partial charge is 0.317 e. The second-order valence-corrected chi connectivity index (χ2v) is 7.13. The Morgan fingerprint density at radius 2 is 2.00 bits per heavy atom. The second kappa shape index (κ2) is 8.73. The molecule has 5 heteroatoms. The van der Waals surface area contributed by atoms with E-state index in [1.54, 1.807) is 18.9 Å². The van der Waals surface area contributed by atoms with E-state index in [0.717, 1.165) is 19.0 Å². The van der Waals surface area contributed by atoms with Gasteiger partial charge in [-0.15, -0.1) is 0 Å². The standard InChI is InChI=1S/C17H33N3O2/c1-14(21)10-12-19(2)17(22)18-15-7-6-11-20(13-15)16-8-4-3-5-9-16/h14-16,21H,3-13H2,1-2H3,(H,18,22). The van der Waals surface area contributed by atoms with E-state index in [1.165, 1.54) is 45.1 Å². The molecule has 0 spiro atoms. The molecule has 2 fully saturated rings. The minimum Gasteiger partial charge on any atom is -0.393 e. The molecule has 2 unspecified atom stereocenters. The summed E-state index contributed by atoms with van der Waals surface area (Å²) in [7, 11) is 1.81. The van der Waals surface area contributed by atoms with Crippen LogP contribution in [0.3, 0.4) is 0 Å². The molecule has 5 nitrogen and oxygen atoms in total. The molecular weight excluding hydrogens is 278 g/mol. The topological polar surface area (TPSA) is 55.8 Å². The summed E-state index contributed by atoms with van der Waals surface area (Å²) in [4.78, 5) is 16.5. The van der Waals surface area contributed by atoms with Crippen molar-refractivity contribution in [3.63, 3.8) is 0 Å². The molecule has 2 amide bonds. The molecule has 22 heavy (non-hydrogen) atoms. The number of rotatable bonds is 5. The fourth-order valence-corrected chi connectivity index (χ4v) is 3.67. The molecule has 128 valence electrons. The SMILES string of the molecule is CC(O)CCN(C)C(=O)NC1CCCN(C2CCCCC2)C1. The van der Waals surface area contributed by atoms with Gasteiger partial charge in [0.1, 0.15) is 0 Å². The second-order valence-electron chi connectivity index (χ2n) is 7.13. The van der Waals surface area contributed by atoms with Gasteiger partial charge in [0.05, 0.1) is 6.10 Å². The first kappa shape index (κ1) is 17.5. The first-order valence-electron chi connectivity index (χ1n) is 9.00. The molecule has 2 aliphatic rings. The third-order valence-corrected chi connectivity index (χ3v) is 5.10. The third-order valence-electron chi connectivity index (χ3n) is 5.10. The lowest BCUT2D eigenvalue weighted by atomic mass is 9.92. The van der Waals surface area contributed by atoms with E-state index in [2.05, 4.69) is 10.2 Å². The number of nitrogens with zero attached hydrogens (tertiary/aromatic N) is 2. The maximum atomic E-state index is 12.2. The molecule has 0 radical (unpaired) electrons. The number of aliphatic hydroxyl groups is 1. The molecule has 0 aromatic heterocycles. The van der Waals surface area contributed by atoms with Gasteiger partial charge < -0.3 is 15.3 Å². The molecule has 1 heterocycles. The van der Waals surface area contributed by atoms with Crippen LogP contribution in [0, 0.1) is 0 Å². The maximum Gasteiger partial charge on any atom is 0.317 e. The van der Waals surface area contributed by atoms with E-state index in [1.807, 2.05) is 0 Å². The highest BCUT2D eigenvalue weighted by atomic mass is 16.3. The Labute approximate surface area is 135 Å². The Balaban J connectivity index is 1.75. The average Bonchev–Trinajstić information content (AvgIpc) is 2.53. The Hall–Kier alpha value is -0.810. The molecule has 0 aromatic rings. The summed E-state index contributed by atoms with van der Waals surface area (Å²) in [5.74, 6) is 0. The summed E-state index contributed by atoms with van der Waals surface area (Å²) < 4.78 is 0. The van der Waals surface area contributed by atoms with Crippen LogP contribution in [0.25, 0.3) is 0 Å². The minimum absolute atomic E-state index is 0.00357. The van der Waals surface area contributed by atoms with Gasteiger partial charge in [-0.3, -0.25) is 4.90 Å². The molecule has 1 aliphatic heterocycles. The number of aliphatic hydroxyl groups excluding tert-OH is 1. The Bertz CT molecular complexity index is 343. The minimum atomic E-state index is -0.355. The number of nitrogens with one attached hydrogen (secondary N) is 1. The van der Waals surface area contributed by atoms with Crippen molar-refractivity contribution >= 4 is 6.03 Å². The highest BCUT2D eigenvalue weighted by Gasteiger charge is 2.28. The van der Waals surface area contributed by atoms with Crippen molar-refractivity contribution in [3.8, 4) is 0 Å². The Kier molecular flexibility index (Phi) is 6.96. The molecular formula is C17H33N3O2. The highest BCUT2D eigenvalue weighted by molar-refractivity contribution is 5.74. The van der Waals surface area contributed by atoms with E-state index in [-0.39, 0.29) is 18.2 Å². The normalized spacial score (nSPS) is 25.7. The van der Waals surface area contributed by atoms with Crippen molar-refractivity contribution in [1.29, 1.82) is 0 Å². The quantitative estimate of drug-likeness (QED) is 0.818. The Morgan fingerprint density at radius 1 is 1.27 bits per heavy atom. The van der Waals surface area contributed by atoms with Crippen LogP contribution in [0.2, 0.25) is 0 Å². The van der Waals surface area contributed by atoms with Crippen LogP contribution in [0.1, 0.15) is 58.3 Å². The van der Waals surface area contributed by atoms with Gasteiger partial charge in [0.15, 0.2) is 0 Å². The Morgan fingerprint density at radius 3 is 2.68 bits per heavy atom. The predicted molar refractivity (Wildman–Crippen MR) is 88.9 cm³/mol. The summed E-state index contributed by atoms with van der Waals surface area (Å²) in [6, 6.07) is 1.01. The van der Waals surface area contributed by atoms with Gasteiger partial charge in [-0.25, -0.2) is 4.79 Å². The maximum absolute atomic E-state index is 12.2. The predicted octanol–water partition coefficient (Wildman–Crippen LogP) is 2.20. The van der Waals surface area contributed by atoms with Crippen molar-refractivity contribution in [2.75, 3.05) is 26.7 Å². The van der Waals surface area contributed by atoms with Crippen molar-refractivity contribution < 1.29 is 9.90 Å². The molecule has 2 N–H and O–H groups in total. The van der Waals surface area contributed by atoms with Crippen LogP contribution in [-0.2, 0) is 0 Å². The van der Waals surface area contributed by atoms with Crippen LogP contribution in [0.15, 0.2) is 0 Å². The summed E-state index contributed by atoms with van der Waals surface area (Å²) in [5.41, 5.74) is 0. The molecule has 1 saturated carbocycles. The molecule has 2 atom stereocenters. The number of hydrogen-bond acceptors (Lipinski definition) is 3. The molecule has 2 rings (SSSR count). The summed E-state index contributed by atoms with van der Waals surface area (Å²) in [5, 5.41) is 12.5. The van der Waals surface area contributed by atoms with Gasteiger partial charge >= 0.3 is 6.03 Å². The lowest BCUT2D eigenvalue weighted by Gasteiger charge is -2.40. The van der Waals surface area contributed by atoms with Gasteiger partial charge in [0.25, 0.3) is 0 Å². The average molecular weight is 311 g/mol. The summed E-state index contributed by atoms with van der Waals surface area (Å²) in [6.45, 7) is 4.55. The third kappa shape index (κ3) is 5.43. The van der Waals surface area contributed by atoms with Crippen LogP contribution < -0.4 is 5.32 Å². The molecule has 0 bridgehead atoms. The number of likely N-dealkylation sites (tertiary alicyclic amines) is 1. The lowest BCUT2D eigenvalue weighted by Crippen LogP contribution is -2.53. The zero-order valence-corrected chi connectivity index (χ0v) is 14.3. The van der Waals surface area contributed by atoms with Crippen molar-refractivity contribution in [2.24, 2.45) is 0 Å². The lowest BCUT2D eigenvalue weighted by molar-refractivity contribution is 0.108. The first-order chi connectivity index (χ1) is 10.6. The van der Waals surface area contributed by atoms with E-state index in [4.69, 9.17) is 0 Å². The number of piperidine rings is 1. The van der Waals surface area contributed by atoms with Gasteiger partial charge in [0.2, 0.25) is 0 Å². The summed E-state index contributed by atoms with van der Waals surface area (Å²) in [6.07, 6.45) is 9.30. The zero-order valence-electron chi connectivity index (χ0n) is 14.3. The number of amides is 2. The van der Waals surface area contributed by atoms with E-state index in [9.17, 15) is 9.90 Å². The fourth-order valence-electron chi connectivity index (χ4n) is 3.67. The van der Waals surface area contributed by atoms with E-state index in [0.29, 0.717) is 13.0 Å². The number of carbonyl (C=O) groups is 1. The molecule has 1 aliphatic carbocycles. The van der Waals surface area contributed by atoms with Crippen molar-refractivity contribution in [1.82, 2.24) is 15.1 Å². The number of carbonyl (C=O) groups excluding carboxylic acids is 1. The first-order valence-corrected chi connectivity index (χ1v) is 9.00. The van der Waals surface area contributed by atoms with E-state index >= 15 is 0 Å². The zero-order chi connectivity index (χ0) is 15.9. The van der Waals surface area contributed by atoms with Crippen molar-refractivity contribution in [3.05, 3.63) is 0 Å². The van der Waals surface area contributed by atoms with Crippen LogP contribution in [-0.4, -0.2) is 65.8 Å². The van der Waals surface area contributed by atoms with Crippen LogP contribution in [0.5, 0.6) is 0 Å². The van der Waals surface area contributed by atoms with E-state index < -0.39 is 0 Å². The number of urea groups is 1. The summed E-state index contributed by atoms with van der Waals surface area (Å²) >= 11 is 0. The van der Waals surface area contributed by atoms with Gasteiger partial charge in [-0.2, -0.15) is 0 Å². The highest BCUT2D eigenvalue weighted by Crippen LogP contribution is 2.25. The molecule has 1 saturated heterocycles. The van der Waals surface area contributed by atoms with Gasteiger partial charge in [-0.1, -0.05) is 19.3 Å².